The Hall–Kier alpha value is -1.75. The van der Waals surface area contributed by atoms with Crippen molar-refractivity contribution in [1.29, 1.82) is 0 Å². The van der Waals surface area contributed by atoms with Gasteiger partial charge in [-0.2, -0.15) is 0 Å². The normalized spacial score (nSPS) is 11.9. The summed E-state index contributed by atoms with van der Waals surface area (Å²) in [5, 5.41) is 2.81. The van der Waals surface area contributed by atoms with Gasteiger partial charge in [0, 0.05) is 18.7 Å². The van der Waals surface area contributed by atoms with Crippen LogP contribution in [0.15, 0.2) is 18.2 Å². The zero-order valence-electron chi connectivity index (χ0n) is 10.3. The fraction of sp³-hybridized carbons (Fsp3) is 0.417. The number of hydrogen-bond acceptors (Lipinski definition) is 4. The Morgan fingerprint density at radius 2 is 2.18 bits per heavy atom. The number of nitrogens with one attached hydrogen (secondary N) is 1. The molecule has 1 rings (SSSR count). The van der Waals surface area contributed by atoms with Crippen molar-refractivity contribution in [1.82, 2.24) is 5.32 Å². The molecular formula is C12H18N2O3. The molecule has 5 nitrogen and oxygen atoms in total. The molecule has 1 aromatic carbocycles. The highest BCUT2D eigenvalue weighted by molar-refractivity contribution is 5.95. The third-order valence-corrected chi connectivity index (χ3v) is 2.29. The minimum absolute atomic E-state index is 0.0453. The molecular weight excluding hydrogens is 220 g/mol. The summed E-state index contributed by atoms with van der Waals surface area (Å²) >= 11 is 0. The number of nitrogens with two attached hydrogens (primary N) is 1. The molecule has 0 radical (unpaired) electrons. The molecule has 0 fully saturated rings. The number of rotatable bonds is 5. The highest BCUT2D eigenvalue weighted by Crippen LogP contribution is 2.21. The molecule has 94 valence electrons. The van der Waals surface area contributed by atoms with Gasteiger partial charge in [-0.1, -0.05) is 0 Å². The SMILES string of the molecule is COCC(C)NC(=O)c1ccc(N)c(OC)c1. The second kappa shape index (κ2) is 6.10. The van der Waals surface area contributed by atoms with Crippen LogP contribution in [0.1, 0.15) is 17.3 Å². The van der Waals surface area contributed by atoms with Crippen molar-refractivity contribution in [2.75, 3.05) is 26.6 Å². The minimum atomic E-state index is -0.173. The first-order valence-corrected chi connectivity index (χ1v) is 5.31. The van der Waals surface area contributed by atoms with Crippen molar-refractivity contribution in [3.8, 4) is 5.75 Å². The Morgan fingerprint density at radius 3 is 2.76 bits per heavy atom. The predicted octanol–water partition coefficient (Wildman–Crippen LogP) is 1.04. The minimum Gasteiger partial charge on any atom is -0.495 e. The Bertz CT molecular complexity index is 393. The van der Waals surface area contributed by atoms with Gasteiger partial charge in [0.25, 0.3) is 5.91 Å². The monoisotopic (exact) mass is 238 g/mol. The molecule has 0 aliphatic rings. The van der Waals surface area contributed by atoms with Crippen LogP contribution in [0.25, 0.3) is 0 Å². The molecule has 0 saturated carbocycles. The maximum atomic E-state index is 11.8. The van der Waals surface area contributed by atoms with Gasteiger partial charge < -0.3 is 20.5 Å². The van der Waals surface area contributed by atoms with E-state index in [9.17, 15) is 4.79 Å². The lowest BCUT2D eigenvalue weighted by atomic mass is 10.1. The Labute approximate surface area is 101 Å². The summed E-state index contributed by atoms with van der Waals surface area (Å²) in [6.45, 7) is 2.34. The van der Waals surface area contributed by atoms with E-state index in [1.165, 1.54) is 7.11 Å². The number of anilines is 1. The molecule has 17 heavy (non-hydrogen) atoms. The van der Waals surface area contributed by atoms with Crippen LogP contribution in [-0.4, -0.2) is 32.8 Å². The molecule has 0 aliphatic carbocycles. The lowest BCUT2D eigenvalue weighted by Gasteiger charge is -2.13. The van der Waals surface area contributed by atoms with Crippen LogP contribution in [0, 0.1) is 0 Å². The van der Waals surface area contributed by atoms with Gasteiger partial charge in [-0.25, -0.2) is 0 Å². The molecule has 0 bridgehead atoms. The molecule has 1 unspecified atom stereocenters. The van der Waals surface area contributed by atoms with Crippen LogP contribution in [0.4, 0.5) is 5.69 Å². The van der Waals surface area contributed by atoms with Gasteiger partial charge >= 0.3 is 0 Å². The second-order valence-electron chi connectivity index (χ2n) is 3.79. The number of methoxy groups -OCH3 is 2. The van der Waals surface area contributed by atoms with Crippen LogP contribution in [-0.2, 0) is 4.74 Å². The van der Waals surface area contributed by atoms with Crippen LogP contribution < -0.4 is 15.8 Å². The summed E-state index contributed by atoms with van der Waals surface area (Å²) in [5.41, 5.74) is 6.69. The third-order valence-electron chi connectivity index (χ3n) is 2.29. The number of ether oxygens (including phenoxy) is 2. The van der Waals surface area contributed by atoms with E-state index in [-0.39, 0.29) is 11.9 Å². The fourth-order valence-electron chi connectivity index (χ4n) is 1.45. The summed E-state index contributed by atoms with van der Waals surface area (Å²) in [6, 6.07) is 4.88. The van der Waals surface area contributed by atoms with Gasteiger partial charge in [-0.15, -0.1) is 0 Å². The number of benzene rings is 1. The lowest BCUT2D eigenvalue weighted by Crippen LogP contribution is -2.35. The van der Waals surface area contributed by atoms with Crippen molar-refractivity contribution in [3.05, 3.63) is 23.8 Å². The van der Waals surface area contributed by atoms with E-state index in [0.717, 1.165) is 0 Å². The molecule has 0 aliphatic heterocycles. The number of nitrogen functional groups attached to an aromatic ring is 1. The number of hydrogen-bond donors (Lipinski definition) is 2. The third kappa shape index (κ3) is 3.64. The predicted molar refractivity (Wildman–Crippen MR) is 66.2 cm³/mol. The molecule has 5 heteroatoms. The van der Waals surface area contributed by atoms with Gasteiger partial charge in [0.05, 0.1) is 19.4 Å². The summed E-state index contributed by atoms with van der Waals surface area (Å²) in [7, 11) is 3.11. The molecule has 1 amide bonds. The summed E-state index contributed by atoms with van der Waals surface area (Å²) in [5.74, 6) is 0.324. The first-order valence-electron chi connectivity index (χ1n) is 5.31. The van der Waals surface area contributed by atoms with E-state index in [4.69, 9.17) is 15.2 Å². The van der Waals surface area contributed by atoms with Crippen molar-refractivity contribution >= 4 is 11.6 Å². The highest BCUT2D eigenvalue weighted by Gasteiger charge is 2.11. The average Bonchev–Trinajstić information content (AvgIpc) is 2.29. The molecule has 1 atom stereocenters. The summed E-state index contributed by atoms with van der Waals surface area (Å²) < 4.78 is 10.0. The Balaban J connectivity index is 2.75. The molecule has 0 aromatic heterocycles. The standard InChI is InChI=1S/C12H18N2O3/c1-8(7-16-2)14-12(15)9-4-5-10(13)11(6-9)17-3/h4-6,8H,7,13H2,1-3H3,(H,14,15). The van der Waals surface area contributed by atoms with E-state index in [0.29, 0.717) is 23.6 Å². The summed E-state index contributed by atoms with van der Waals surface area (Å²) in [4.78, 5) is 11.8. The Morgan fingerprint density at radius 1 is 1.47 bits per heavy atom. The largest absolute Gasteiger partial charge is 0.495 e. The number of carbonyl (C=O) groups is 1. The highest BCUT2D eigenvalue weighted by atomic mass is 16.5. The van der Waals surface area contributed by atoms with Crippen LogP contribution in [0.3, 0.4) is 0 Å². The maximum Gasteiger partial charge on any atom is 0.251 e. The van der Waals surface area contributed by atoms with Crippen molar-refractivity contribution in [2.24, 2.45) is 0 Å². The topological polar surface area (TPSA) is 73.6 Å². The van der Waals surface area contributed by atoms with E-state index < -0.39 is 0 Å². The van der Waals surface area contributed by atoms with Gasteiger partial charge in [-0.3, -0.25) is 4.79 Å². The van der Waals surface area contributed by atoms with Crippen LogP contribution in [0.5, 0.6) is 5.75 Å². The van der Waals surface area contributed by atoms with Crippen LogP contribution >= 0.6 is 0 Å². The van der Waals surface area contributed by atoms with Crippen molar-refractivity contribution in [3.63, 3.8) is 0 Å². The Kier molecular flexibility index (Phi) is 4.78. The molecule has 3 N–H and O–H groups in total. The van der Waals surface area contributed by atoms with Gasteiger partial charge in [-0.05, 0) is 25.1 Å². The summed E-state index contributed by atoms with van der Waals surface area (Å²) in [6.07, 6.45) is 0. The van der Waals surface area contributed by atoms with Crippen molar-refractivity contribution in [2.45, 2.75) is 13.0 Å². The van der Waals surface area contributed by atoms with Crippen LogP contribution in [0.2, 0.25) is 0 Å². The van der Waals surface area contributed by atoms with E-state index in [1.54, 1.807) is 25.3 Å². The van der Waals surface area contributed by atoms with Gasteiger partial charge in [0.2, 0.25) is 0 Å². The first kappa shape index (κ1) is 13.3. The van der Waals surface area contributed by atoms with E-state index >= 15 is 0 Å². The quantitative estimate of drug-likeness (QED) is 0.752. The zero-order chi connectivity index (χ0) is 12.8. The van der Waals surface area contributed by atoms with E-state index in [2.05, 4.69) is 5.32 Å². The number of carbonyl (C=O) groups excluding carboxylic acids is 1. The van der Waals surface area contributed by atoms with Crippen molar-refractivity contribution < 1.29 is 14.3 Å². The van der Waals surface area contributed by atoms with Gasteiger partial charge in [0.1, 0.15) is 5.75 Å². The molecule has 0 heterocycles. The molecule has 1 aromatic rings. The molecule has 0 saturated heterocycles. The smallest absolute Gasteiger partial charge is 0.251 e. The van der Waals surface area contributed by atoms with Gasteiger partial charge in [0.15, 0.2) is 0 Å². The second-order valence-corrected chi connectivity index (χ2v) is 3.79. The maximum absolute atomic E-state index is 11.8. The first-order chi connectivity index (χ1) is 8.08. The fourth-order valence-corrected chi connectivity index (χ4v) is 1.45. The van der Waals surface area contributed by atoms with E-state index in [1.807, 2.05) is 6.92 Å². The lowest BCUT2D eigenvalue weighted by molar-refractivity contribution is 0.0905. The molecule has 0 spiro atoms. The average molecular weight is 238 g/mol. The zero-order valence-corrected chi connectivity index (χ0v) is 10.3. The number of amides is 1.